The lowest BCUT2D eigenvalue weighted by atomic mass is 10.2. The minimum absolute atomic E-state index is 0.00408. The van der Waals surface area contributed by atoms with Gasteiger partial charge >= 0.3 is 0 Å². The summed E-state index contributed by atoms with van der Waals surface area (Å²) in [6.07, 6.45) is 2.35. The molecule has 0 aromatic rings. The molecule has 0 aromatic heterocycles. The summed E-state index contributed by atoms with van der Waals surface area (Å²) in [4.78, 5) is 15.5. The molecule has 0 aliphatic heterocycles. The Morgan fingerprint density at radius 3 is 2.06 bits per heavy atom. The number of nitrogens with zero attached hydrogens (tertiary/aromatic N) is 2. The Kier molecular flexibility index (Phi) is 13.8. The van der Waals surface area contributed by atoms with Gasteiger partial charge < -0.3 is 18.8 Å². The lowest BCUT2D eigenvalue weighted by Gasteiger charge is -2.31. The predicted octanol–water partition coefficient (Wildman–Crippen LogP) is -0.936. The molecule has 0 saturated carbocycles. The molecular formula is C20H42N3O7S2+. The molecule has 12 heteroatoms. The number of carbonyl (C=O) groups excluding carboxylic acids is 1. The van der Waals surface area contributed by atoms with E-state index in [1.54, 1.807) is 11.8 Å². The summed E-state index contributed by atoms with van der Waals surface area (Å²) in [7, 11) is -0.514. The van der Waals surface area contributed by atoms with E-state index in [1.807, 2.05) is 21.1 Å². The second kappa shape index (κ2) is 14.3. The normalized spacial score (nSPS) is 13.7. The van der Waals surface area contributed by atoms with Crippen LogP contribution in [0.3, 0.4) is 0 Å². The van der Waals surface area contributed by atoms with Crippen LogP contribution in [0.4, 0.5) is 0 Å². The Bertz CT molecular complexity index is 796. The van der Waals surface area contributed by atoms with Crippen LogP contribution in [0.2, 0.25) is 0 Å². The van der Waals surface area contributed by atoms with Crippen LogP contribution in [0, 0.1) is 0 Å². The van der Waals surface area contributed by atoms with E-state index < -0.39 is 20.2 Å². The summed E-state index contributed by atoms with van der Waals surface area (Å²) in [5.74, 6) is -0.449. The molecule has 0 aliphatic rings. The zero-order valence-corrected chi connectivity index (χ0v) is 21.9. The lowest BCUT2D eigenvalue weighted by Crippen LogP contribution is -3.09. The molecular weight excluding hydrogens is 458 g/mol. The average molecular weight is 501 g/mol. The molecule has 1 unspecified atom stereocenters. The summed E-state index contributed by atoms with van der Waals surface area (Å²) in [6, 6.07) is 0. The lowest BCUT2D eigenvalue weighted by molar-refractivity contribution is -0.890. The smallest absolute Gasteiger partial charge is 0.267 e. The minimum atomic E-state index is -4.19. The Balaban J connectivity index is 4.49. The molecule has 190 valence electrons. The third-order valence-electron chi connectivity index (χ3n) is 5.28. The van der Waals surface area contributed by atoms with Crippen LogP contribution in [0.5, 0.6) is 0 Å². The zero-order chi connectivity index (χ0) is 25.0. The van der Waals surface area contributed by atoms with Crippen LogP contribution in [-0.2, 0) is 29.2 Å². The summed E-state index contributed by atoms with van der Waals surface area (Å²) >= 11 is 0. The van der Waals surface area contributed by atoms with Crippen molar-refractivity contribution >= 4 is 26.1 Å². The van der Waals surface area contributed by atoms with Gasteiger partial charge in [-0.05, 0) is 6.92 Å². The molecule has 1 N–H and O–H groups in total. The first kappa shape index (κ1) is 30.9. The van der Waals surface area contributed by atoms with E-state index in [-0.39, 0.29) is 17.4 Å². The Hall–Kier alpha value is -1.05. The number of nitrogens with one attached hydrogen (secondary N) is 1. The third kappa shape index (κ3) is 15.7. The molecule has 0 saturated heterocycles. The highest BCUT2D eigenvalue weighted by Gasteiger charge is 2.19. The van der Waals surface area contributed by atoms with Gasteiger partial charge in [-0.15, -0.1) is 0 Å². The molecule has 0 aromatic carbocycles. The number of quaternary nitrogens is 2. The summed E-state index contributed by atoms with van der Waals surface area (Å²) in [5.41, 5.74) is 0.477. The molecule has 0 heterocycles. The molecule has 10 nitrogen and oxygen atoms in total. The van der Waals surface area contributed by atoms with Crippen molar-refractivity contribution in [3.05, 3.63) is 12.2 Å². The van der Waals surface area contributed by atoms with Crippen LogP contribution in [0.25, 0.3) is 0 Å². The first-order valence-electron chi connectivity index (χ1n) is 10.9. The van der Waals surface area contributed by atoms with Crippen LogP contribution in [0.15, 0.2) is 12.2 Å². The van der Waals surface area contributed by atoms with Crippen LogP contribution in [-0.4, -0.2) is 116 Å². The van der Waals surface area contributed by atoms with Crippen molar-refractivity contribution < 1.29 is 39.7 Å². The second-order valence-corrected chi connectivity index (χ2v) is 12.4. The van der Waals surface area contributed by atoms with Gasteiger partial charge in [-0.2, -0.15) is 8.42 Å². The van der Waals surface area contributed by atoms with Crippen LogP contribution >= 0.6 is 0 Å². The van der Waals surface area contributed by atoms with E-state index in [0.717, 1.165) is 33.0 Å². The van der Waals surface area contributed by atoms with Gasteiger partial charge in [0.25, 0.3) is 10.1 Å². The van der Waals surface area contributed by atoms with E-state index in [1.165, 1.54) is 4.90 Å². The quantitative estimate of drug-likeness (QED) is 0.111. The van der Waals surface area contributed by atoms with Crippen molar-refractivity contribution in [3.63, 3.8) is 0 Å². The highest BCUT2D eigenvalue weighted by molar-refractivity contribution is 7.86. The minimum Gasteiger partial charge on any atom is -0.748 e. The number of carbonyl (C=O) groups is 1. The molecule has 32 heavy (non-hydrogen) atoms. The SMILES string of the molecule is C=C(C)C(=O)N(CCC[NH+](C)CCCS(=O)(=O)OC)CCC[N+](C)(C)CCCS(=O)(=O)[O-]. The maximum absolute atomic E-state index is 12.5. The highest BCUT2D eigenvalue weighted by atomic mass is 32.2. The van der Waals surface area contributed by atoms with E-state index in [9.17, 15) is 26.2 Å². The fraction of sp³-hybridized carbons (Fsp3) is 0.850. The van der Waals surface area contributed by atoms with Crippen molar-refractivity contribution in [1.82, 2.24) is 4.90 Å². The van der Waals surface area contributed by atoms with E-state index >= 15 is 0 Å². The van der Waals surface area contributed by atoms with Crippen molar-refractivity contribution in [2.75, 3.05) is 79.0 Å². The Morgan fingerprint density at radius 2 is 1.53 bits per heavy atom. The highest BCUT2D eigenvalue weighted by Crippen LogP contribution is 2.06. The van der Waals surface area contributed by atoms with Gasteiger partial charge in [0.05, 0.1) is 70.3 Å². The zero-order valence-electron chi connectivity index (χ0n) is 20.3. The van der Waals surface area contributed by atoms with Crippen LogP contribution < -0.4 is 4.90 Å². The Morgan fingerprint density at radius 1 is 1.00 bits per heavy atom. The average Bonchev–Trinajstić information content (AvgIpc) is 2.64. The number of hydrogen-bond acceptors (Lipinski definition) is 7. The van der Waals surface area contributed by atoms with Gasteiger partial charge in [0.2, 0.25) is 5.91 Å². The van der Waals surface area contributed by atoms with Gasteiger partial charge in [-0.25, -0.2) is 8.42 Å². The number of hydrogen-bond donors (Lipinski definition) is 1. The van der Waals surface area contributed by atoms with Crippen LogP contribution in [0.1, 0.15) is 32.6 Å². The first-order chi connectivity index (χ1) is 14.6. The Labute approximate surface area is 194 Å². The molecule has 1 amide bonds. The largest absolute Gasteiger partial charge is 0.748 e. The third-order valence-corrected chi connectivity index (χ3v) is 7.37. The van der Waals surface area contributed by atoms with Crippen molar-refractivity contribution in [2.24, 2.45) is 0 Å². The summed E-state index contributed by atoms with van der Waals surface area (Å²) in [6.45, 7) is 9.42. The van der Waals surface area contributed by atoms with Crippen molar-refractivity contribution in [2.45, 2.75) is 32.6 Å². The summed E-state index contributed by atoms with van der Waals surface area (Å²) < 4.78 is 60.1. The topological polar surface area (TPSA) is 125 Å². The standard InChI is InChI=1S/C20H41N3O7S2/c1-19(2)20(24)22(13-7-11-21(3)12-9-18-32(28,29)30-6)14-8-15-23(4,5)16-10-17-31(25,26)27/h1,7-18H2,2-6H3/p+1. The second-order valence-electron chi connectivity index (χ2n) is 9.02. The molecule has 0 rings (SSSR count). The molecule has 0 aliphatic carbocycles. The predicted molar refractivity (Wildman–Crippen MR) is 124 cm³/mol. The molecule has 0 fully saturated rings. The monoisotopic (exact) mass is 500 g/mol. The van der Waals surface area contributed by atoms with Gasteiger partial charge in [-0.1, -0.05) is 6.58 Å². The van der Waals surface area contributed by atoms with Crippen molar-refractivity contribution in [3.8, 4) is 0 Å². The van der Waals surface area contributed by atoms with Gasteiger partial charge in [0, 0.05) is 50.1 Å². The van der Waals surface area contributed by atoms with E-state index in [0.29, 0.717) is 49.1 Å². The van der Waals surface area contributed by atoms with Crippen molar-refractivity contribution in [1.29, 1.82) is 0 Å². The van der Waals surface area contributed by atoms with E-state index in [4.69, 9.17) is 0 Å². The first-order valence-corrected chi connectivity index (χ1v) is 14.0. The number of amides is 1. The van der Waals surface area contributed by atoms with Gasteiger partial charge in [-0.3, -0.25) is 8.98 Å². The maximum Gasteiger partial charge on any atom is 0.267 e. The molecule has 0 bridgehead atoms. The fourth-order valence-electron chi connectivity index (χ4n) is 3.39. The van der Waals surface area contributed by atoms with Gasteiger partial charge in [0.15, 0.2) is 0 Å². The summed E-state index contributed by atoms with van der Waals surface area (Å²) in [5, 5.41) is 0. The number of rotatable bonds is 18. The van der Waals surface area contributed by atoms with E-state index in [2.05, 4.69) is 10.8 Å². The maximum atomic E-state index is 12.5. The molecule has 1 atom stereocenters. The molecule has 0 radical (unpaired) electrons. The fourth-order valence-corrected chi connectivity index (χ4v) is 4.53. The van der Waals surface area contributed by atoms with Gasteiger partial charge in [0.1, 0.15) is 0 Å². The molecule has 0 spiro atoms.